The van der Waals surface area contributed by atoms with Crippen LogP contribution in [0.15, 0.2) is 182 Å². The van der Waals surface area contributed by atoms with Crippen molar-refractivity contribution in [3.8, 4) is 22.3 Å². The molecule has 1 heterocycles. The molecule has 0 atom stereocenters. The molecule has 4 N–H and O–H groups in total. The van der Waals surface area contributed by atoms with Crippen LogP contribution in [0.25, 0.3) is 22.3 Å². The third-order valence-corrected chi connectivity index (χ3v) is 19.8. The van der Waals surface area contributed by atoms with Crippen molar-refractivity contribution in [2.75, 3.05) is 0 Å². The summed E-state index contributed by atoms with van der Waals surface area (Å²) < 4.78 is 13.0. The molecule has 0 saturated carbocycles. The van der Waals surface area contributed by atoms with Gasteiger partial charge >= 0.3 is 7.12 Å². The summed E-state index contributed by atoms with van der Waals surface area (Å²) in [5.74, 6) is 0. The van der Waals surface area contributed by atoms with Crippen LogP contribution in [0.3, 0.4) is 0 Å². The average Bonchev–Trinajstić information content (AvgIpc) is 1.40. The van der Waals surface area contributed by atoms with Gasteiger partial charge in [0.05, 0.1) is 44.4 Å². The molecule has 8 aromatic carbocycles. The Morgan fingerprint density at radius 2 is 0.583 bits per heavy atom. The van der Waals surface area contributed by atoms with Crippen molar-refractivity contribution < 1.29 is 29.7 Å². The quantitative estimate of drug-likeness (QED) is 0.132. The Morgan fingerprint density at radius 1 is 0.333 bits per heavy atom. The standard InChI is InChI=1S/C34H33BO2.C28H21Cl.2C6H14O2.B2/c1-31(2)26-15-9-11-17-28(26)34(29-18-12-10-16-27(29)31)25-14-8-7-13-23(25)24-20-19-22(21-30(24)34)35-36-32(3,4)33(5,6)37-35;1-27(2)22-11-5-7-13-24(22)28(25-14-8-6-12-23(25)27)21-10-4-3-9-19(21)20-16-15-18(29)17-26(20)28;2*1-5(2,7)6(3,4)8;1-2/h7-21H,1-6H3;3-17H,1-2H3;2*7-8H,1-4H3;. The normalized spacial score (nSPS) is 17.7. The van der Waals surface area contributed by atoms with Crippen LogP contribution in [0.1, 0.15) is 178 Å². The van der Waals surface area contributed by atoms with Crippen LogP contribution >= 0.6 is 11.6 Å². The molecule has 0 bridgehead atoms. The number of fused-ring (bicyclic) bond motifs is 18. The summed E-state index contributed by atoms with van der Waals surface area (Å²) in [5.41, 5.74) is 16.9. The fourth-order valence-corrected chi connectivity index (χ4v) is 13.0. The Morgan fingerprint density at radius 3 is 0.893 bits per heavy atom. The zero-order valence-electron chi connectivity index (χ0n) is 52.0. The van der Waals surface area contributed by atoms with E-state index < -0.39 is 34.9 Å². The highest BCUT2D eigenvalue weighted by molar-refractivity contribution is 6.75. The lowest BCUT2D eigenvalue weighted by atomic mass is 9.55. The molecule has 84 heavy (non-hydrogen) atoms. The van der Waals surface area contributed by atoms with Gasteiger partial charge in [-0.1, -0.05) is 209 Å². The molecule has 5 aliphatic rings. The van der Waals surface area contributed by atoms with Gasteiger partial charge in [0.25, 0.3) is 0 Å². The van der Waals surface area contributed by atoms with Crippen molar-refractivity contribution >= 4 is 39.7 Å². The molecule has 10 heteroatoms. The molecular weight excluding hydrogens is 1050 g/mol. The fourth-order valence-electron chi connectivity index (χ4n) is 12.8. The van der Waals surface area contributed by atoms with E-state index in [9.17, 15) is 0 Å². The van der Waals surface area contributed by atoms with Crippen molar-refractivity contribution in [1.82, 2.24) is 0 Å². The Labute approximate surface area is 508 Å². The smallest absolute Gasteiger partial charge is 0.399 e. The second kappa shape index (κ2) is 21.8. The van der Waals surface area contributed by atoms with Crippen molar-refractivity contribution in [3.63, 3.8) is 0 Å². The maximum atomic E-state index is 9.10. The topological polar surface area (TPSA) is 99.4 Å². The molecule has 0 aromatic heterocycles. The van der Waals surface area contributed by atoms with Gasteiger partial charge in [-0.05, 0) is 190 Å². The van der Waals surface area contributed by atoms with Gasteiger partial charge in [0.15, 0.2) is 0 Å². The largest absolute Gasteiger partial charge is 0.494 e. The number of rotatable bonds is 3. The van der Waals surface area contributed by atoms with Crippen molar-refractivity contribution in [2.24, 2.45) is 0 Å². The third-order valence-electron chi connectivity index (χ3n) is 19.6. The first kappa shape index (κ1) is 62.5. The maximum absolute atomic E-state index is 9.10. The highest BCUT2D eigenvalue weighted by atomic mass is 35.5. The summed E-state index contributed by atoms with van der Waals surface area (Å²) in [6, 6.07) is 67.1. The van der Waals surface area contributed by atoms with Crippen LogP contribution in [0.4, 0.5) is 0 Å². The average molecular weight is 1140 g/mol. The molecule has 1 aliphatic heterocycles. The second-order valence-electron chi connectivity index (χ2n) is 27.3. The second-order valence-corrected chi connectivity index (χ2v) is 27.8. The van der Waals surface area contributed by atoms with Crippen LogP contribution in [-0.4, -0.2) is 76.6 Å². The SMILES string of the molecule is CC(C)(O)C(C)(C)O.CC(C)(O)C(C)(C)O.CC1(C)c2ccccc2C2(c3ccccc3-c3ccc(B4OC(C)(C)C(C)(C)O4)cc32)c2ccccc21.CC1(C)c2ccccc2C2(c3ccccc3-c3ccc(Cl)cc32)c2ccccc21.[B][B]. The van der Waals surface area contributed by atoms with E-state index in [1.807, 2.05) is 6.07 Å². The minimum atomic E-state index is -1.01. The predicted octanol–water partition coefficient (Wildman–Crippen LogP) is 14.6. The van der Waals surface area contributed by atoms with E-state index in [1.54, 1.807) is 55.4 Å². The first-order chi connectivity index (χ1) is 39.1. The van der Waals surface area contributed by atoms with E-state index in [2.05, 4.69) is 247 Å². The first-order valence-electron chi connectivity index (χ1n) is 29.3. The zero-order chi connectivity index (χ0) is 61.6. The van der Waals surface area contributed by atoms with E-state index in [1.165, 1.54) is 89.0 Å². The van der Waals surface area contributed by atoms with E-state index in [4.69, 9.17) is 41.3 Å². The van der Waals surface area contributed by atoms with Gasteiger partial charge in [-0.25, -0.2) is 0 Å². The van der Waals surface area contributed by atoms with Crippen LogP contribution < -0.4 is 5.46 Å². The van der Waals surface area contributed by atoms with E-state index in [-0.39, 0.29) is 27.4 Å². The van der Waals surface area contributed by atoms with Gasteiger partial charge in [0, 0.05) is 31.3 Å². The summed E-state index contributed by atoms with van der Waals surface area (Å²) in [7, 11) is 7.60. The highest BCUT2D eigenvalue weighted by Gasteiger charge is 2.57. The van der Waals surface area contributed by atoms with Crippen LogP contribution in [0, 0.1) is 0 Å². The van der Waals surface area contributed by atoms with E-state index in [0.29, 0.717) is 0 Å². The number of benzene rings is 8. The summed E-state index contributed by atoms with van der Waals surface area (Å²) in [6.07, 6.45) is 0. The fraction of sp³-hybridized carbons (Fsp3) is 0.351. The zero-order valence-corrected chi connectivity index (χ0v) is 52.8. The summed E-state index contributed by atoms with van der Waals surface area (Å²) in [5, 5.41) is 37.2. The molecule has 0 amide bonds. The maximum Gasteiger partial charge on any atom is 0.494 e. The van der Waals surface area contributed by atoms with Crippen LogP contribution in [-0.2, 0) is 31.0 Å². The van der Waals surface area contributed by atoms with E-state index >= 15 is 0 Å². The summed E-state index contributed by atoms with van der Waals surface area (Å²) in [6.45, 7) is 30.5. The minimum Gasteiger partial charge on any atom is -0.399 e. The molecule has 2 spiro atoms. The van der Waals surface area contributed by atoms with Gasteiger partial charge < -0.3 is 29.7 Å². The van der Waals surface area contributed by atoms with Gasteiger partial charge in [0.1, 0.15) is 0 Å². The number of hydrogen-bond donors (Lipinski definition) is 4. The van der Waals surface area contributed by atoms with Crippen molar-refractivity contribution in [3.05, 3.63) is 254 Å². The van der Waals surface area contributed by atoms with E-state index in [0.717, 1.165) is 10.5 Å². The van der Waals surface area contributed by atoms with Crippen molar-refractivity contribution in [1.29, 1.82) is 0 Å². The number of halogens is 1. The molecule has 6 nitrogen and oxygen atoms in total. The van der Waals surface area contributed by atoms with Gasteiger partial charge in [-0.3, -0.25) is 0 Å². The van der Waals surface area contributed by atoms with Crippen molar-refractivity contribution in [2.45, 2.75) is 166 Å². The molecule has 8 aromatic rings. The lowest BCUT2D eigenvalue weighted by Crippen LogP contribution is -2.44. The molecular formula is C74H82B3ClO6. The highest BCUT2D eigenvalue weighted by Crippen LogP contribution is 2.64. The summed E-state index contributed by atoms with van der Waals surface area (Å²) in [4.78, 5) is 0. The Hall–Kier alpha value is -6.00. The van der Waals surface area contributed by atoms with Gasteiger partial charge in [-0.2, -0.15) is 0 Å². The third kappa shape index (κ3) is 9.98. The molecule has 430 valence electrons. The molecule has 4 aliphatic carbocycles. The Kier molecular flexibility index (Phi) is 16.2. The van der Waals surface area contributed by atoms with Gasteiger partial charge in [0.2, 0.25) is 0 Å². The Balaban J connectivity index is 0.000000159. The molecule has 4 radical (unpaired) electrons. The van der Waals surface area contributed by atoms with Crippen LogP contribution in [0.2, 0.25) is 5.02 Å². The van der Waals surface area contributed by atoms with Crippen LogP contribution in [0.5, 0.6) is 0 Å². The predicted molar refractivity (Wildman–Crippen MR) is 349 cm³/mol. The molecule has 13 rings (SSSR count). The number of aliphatic hydroxyl groups is 4. The minimum absolute atomic E-state index is 0.0608. The molecule has 1 fully saturated rings. The molecule has 1 saturated heterocycles. The molecule has 0 unspecified atom stereocenters. The Bertz CT molecular complexity index is 3590. The lowest BCUT2D eigenvalue weighted by molar-refractivity contribution is -0.107. The monoisotopic (exact) mass is 1130 g/mol. The lowest BCUT2D eigenvalue weighted by Gasteiger charge is -2.46. The summed E-state index contributed by atoms with van der Waals surface area (Å²) >= 11 is 6.58. The van der Waals surface area contributed by atoms with Gasteiger partial charge in [-0.15, -0.1) is 0 Å². The number of hydrogen-bond acceptors (Lipinski definition) is 6. The first-order valence-corrected chi connectivity index (χ1v) is 29.7.